The van der Waals surface area contributed by atoms with Crippen LogP contribution in [-0.2, 0) is 11.3 Å². The lowest BCUT2D eigenvalue weighted by Gasteiger charge is -2.21. The van der Waals surface area contributed by atoms with Gasteiger partial charge in [0, 0.05) is 6.54 Å². The van der Waals surface area contributed by atoms with Crippen molar-refractivity contribution in [2.75, 3.05) is 26.9 Å². The van der Waals surface area contributed by atoms with Crippen LogP contribution in [0.25, 0.3) is 11.0 Å². The van der Waals surface area contributed by atoms with Crippen LogP contribution in [0.15, 0.2) is 41.2 Å². The smallest absolute Gasteiger partial charge is 0.338 e. The van der Waals surface area contributed by atoms with Crippen molar-refractivity contribution in [3.8, 4) is 17.2 Å². The summed E-state index contributed by atoms with van der Waals surface area (Å²) in [5, 5.41) is 0. The molecule has 0 amide bonds. The first kappa shape index (κ1) is 18.0. The Hall–Kier alpha value is -3.42. The molecule has 1 aliphatic heterocycles. The molecule has 0 saturated carbocycles. The van der Waals surface area contributed by atoms with Gasteiger partial charge in [-0.1, -0.05) is 12.1 Å². The molecule has 2 heterocycles. The Bertz CT molecular complexity index is 1050. The van der Waals surface area contributed by atoms with Gasteiger partial charge in [-0.3, -0.25) is 4.57 Å². The van der Waals surface area contributed by atoms with E-state index in [2.05, 4.69) is 4.98 Å². The highest BCUT2D eigenvalue weighted by Gasteiger charge is 2.21. The van der Waals surface area contributed by atoms with E-state index in [0.717, 1.165) is 11.0 Å². The molecule has 0 bridgehead atoms. The molecule has 1 aromatic heterocycles. The maximum Gasteiger partial charge on any atom is 0.338 e. The summed E-state index contributed by atoms with van der Waals surface area (Å²) in [5.41, 5.74) is 1.76. The van der Waals surface area contributed by atoms with Crippen molar-refractivity contribution in [3.05, 3.63) is 52.4 Å². The molecule has 1 aliphatic rings. The number of nitrogens with one attached hydrogen (secondary N) is 1. The number of aromatic nitrogens is 2. The number of carbonyl (C=O) groups excluding carboxylic acids is 1. The first-order chi connectivity index (χ1) is 13.7. The number of fused-ring (bicyclic) bond motifs is 2. The number of nitrogens with zero attached hydrogens (tertiary/aromatic N) is 1. The van der Waals surface area contributed by atoms with Gasteiger partial charge in [0.25, 0.3) is 0 Å². The quantitative estimate of drug-likeness (QED) is 0.518. The Morgan fingerprint density at radius 2 is 2.04 bits per heavy atom. The number of hydrogen-bond donors (Lipinski definition) is 1. The minimum absolute atomic E-state index is 0.177. The van der Waals surface area contributed by atoms with Crippen molar-refractivity contribution in [2.24, 2.45) is 0 Å². The molecule has 0 radical (unpaired) electrons. The van der Waals surface area contributed by atoms with Crippen molar-refractivity contribution in [1.82, 2.24) is 9.55 Å². The molecule has 8 heteroatoms. The van der Waals surface area contributed by atoms with Gasteiger partial charge >= 0.3 is 11.7 Å². The van der Waals surface area contributed by atoms with Crippen LogP contribution < -0.4 is 19.9 Å². The number of esters is 1. The van der Waals surface area contributed by atoms with Crippen molar-refractivity contribution >= 4 is 17.0 Å². The van der Waals surface area contributed by atoms with Crippen LogP contribution in [-0.4, -0.2) is 42.5 Å². The van der Waals surface area contributed by atoms with Gasteiger partial charge in [0.05, 0.1) is 30.3 Å². The molecule has 0 saturated heterocycles. The van der Waals surface area contributed by atoms with Crippen LogP contribution in [0.4, 0.5) is 0 Å². The molecule has 146 valence electrons. The van der Waals surface area contributed by atoms with Gasteiger partial charge in [-0.05, 0) is 30.7 Å². The summed E-state index contributed by atoms with van der Waals surface area (Å²) in [4.78, 5) is 27.2. The van der Waals surface area contributed by atoms with Gasteiger partial charge in [0.2, 0.25) is 5.75 Å². The van der Waals surface area contributed by atoms with Gasteiger partial charge in [-0.2, -0.15) is 0 Å². The maximum atomic E-state index is 12.4. The Morgan fingerprint density at radius 3 is 2.89 bits per heavy atom. The van der Waals surface area contributed by atoms with Crippen molar-refractivity contribution in [3.63, 3.8) is 0 Å². The third kappa shape index (κ3) is 3.40. The molecular formula is C20H20N2O6. The number of para-hydroxylation sites is 2. The zero-order chi connectivity index (χ0) is 19.5. The third-order valence-electron chi connectivity index (χ3n) is 4.50. The zero-order valence-electron chi connectivity index (χ0n) is 15.4. The lowest BCUT2D eigenvalue weighted by Crippen LogP contribution is -2.19. The lowest BCUT2D eigenvalue weighted by molar-refractivity contribution is 0.0494. The van der Waals surface area contributed by atoms with Crippen LogP contribution in [0.2, 0.25) is 0 Å². The Kier molecular flexibility index (Phi) is 4.92. The SMILES string of the molecule is COc1cc(C(=O)OCCCn2c(=O)[nH]c3ccccc32)cc2c1OCCO2. The van der Waals surface area contributed by atoms with Crippen LogP contribution in [0, 0.1) is 0 Å². The van der Waals surface area contributed by atoms with Crippen LogP contribution in [0.1, 0.15) is 16.8 Å². The zero-order valence-corrected chi connectivity index (χ0v) is 15.4. The fourth-order valence-corrected chi connectivity index (χ4v) is 3.19. The summed E-state index contributed by atoms with van der Waals surface area (Å²) >= 11 is 0. The molecular weight excluding hydrogens is 364 g/mol. The summed E-state index contributed by atoms with van der Waals surface area (Å²) < 4.78 is 23.3. The number of carbonyl (C=O) groups is 1. The van der Waals surface area contributed by atoms with E-state index < -0.39 is 5.97 Å². The molecule has 1 N–H and O–H groups in total. The van der Waals surface area contributed by atoms with Crippen molar-refractivity contribution in [1.29, 1.82) is 0 Å². The van der Waals surface area contributed by atoms with Gasteiger partial charge in [-0.15, -0.1) is 0 Å². The number of benzene rings is 2. The van der Waals surface area contributed by atoms with E-state index in [1.807, 2.05) is 24.3 Å². The van der Waals surface area contributed by atoms with E-state index in [9.17, 15) is 9.59 Å². The molecule has 0 fully saturated rings. The fourth-order valence-electron chi connectivity index (χ4n) is 3.19. The minimum atomic E-state index is -0.485. The molecule has 4 rings (SSSR count). The number of H-pyrrole nitrogens is 1. The van der Waals surface area contributed by atoms with Gasteiger partial charge < -0.3 is 23.9 Å². The summed E-state index contributed by atoms with van der Waals surface area (Å²) in [7, 11) is 1.50. The molecule has 0 unspecified atom stereocenters. The Morgan fingerprint density at radius 1 is 1.21 bits per heavy atom. The fraction of sp³-hybridized carbons (Fsp3) is 0.300. The van der Waals surface area contributed by atoms with Crippen LogP contribution in [0.5, 0.6) is 17.2 Å². The highest BCUT2D eigenvalue weighted by molar-refractivity contribution is 5.91. The third-order valence-corrected chi connectivity index (χ3v) is 4.50. The van der Waals surface area contributed by atoms with Gasteiger partial charge in [-0.25, -0.2) is 9.59 Å². The highest BCUT2D eigenvalue weighted by Crippen LogP contribution is 2.40. The van der Waals surface area contributed by atoms with E-state index in [-0.39, 0.29) is 12.3 Å². The van der Waals surface area contributed by atoms with E-state index >= 15 is 0 Å². The van der Waals surface area contributed by atoms with Gasteiger partial charge in [0.1, 0.15) is 13.2 Å². The van der Waals surface area contributed by atoms with E-state index in [1.54, 1.807) is 16.7 Å². The molecule has 0 atom stereocenters. The summed E-state index contributed by atoms with van der Waals surface area (Å²) in [5.74, 6) is 0.892. The second kappa shape index (κ2) is 7.67. The predicted octanol–water partition coefficient (Wildman–Crippen LogP) is 2.36. The number of rotatable bonds is 6. The number of imidazole rings is 1. The Labute approximate surface area is 160 Å². The second-order valence-electron chi connectivity index (χ2n) is 6.29. The summed E-state index contributed by atoms with van der Waals surface area (Å²) in [6.07, 6.45) is 0.509. The topological polar surface area (TPSA) is 91.8 Å². The maximum absolute atomic E-state index is 12.4. The van der Waals surface area contributed by atoms with E-state index in [0.29, 0.717) is 49.0 Å². The number of ether oxygens (including phenoxy) is 4. The van der Waals surface area contributed by atoms with Crippen LogP contribution >= 0.6 is 0 Å². The van der Waals surface area contributed by atoms with Crippen molar-refractivity contribution < 1.29 is 23.7 Å². The Balaban J connectivity index is 1.39. The molecule has 0 aliphatic carbocycles. The first-order valence-corrected chi connectivity index (χ1v) is 8.99. The summed E-state index contributed by atoms with van der Waals surface area (Å²) in [6.45, 7) is 1.47. The van der Waals surface area contributed by atoms with Gasteiger partial charge in [0.15, 0.2) is 11.5 Å². The standard InChI is InChI=1S/C20H20N2O6/c1-25-16-11-13(12-17-18(16)27-10-9-26-17)19(23)28-8-4-7-22-15-6-3-2-5-14(15)21-20(22)24/h2-3,5-6,11-12H,4,7-10H2,1H3,(H,21,24). The predicted molar refractivity (Wildman–Crippen MR) is 101 cm³/mol. The number of aryl methyl sites for hydroxylation is 1. The molecule has 3 aromatic rings. The van der Waals surface area contributed by atoms with Crippen LogP contribution in [0.3, 0.4) is 0 Å². The monoisotopic (exact) mass is 384 g/mol. The minimum Gasteiger partial charge on any atom is -0.493 e. The average Bonchev–Trinajstić information content (AvgIpc) is 3.05. The normalized spacial score (nSPS) is 12.8. The molecule has 2 aromatic carbocycles. The molecule has 28 heavy (non-hydrogen) atoms. The number of methoxy groups -OCH3 is 1. The number of aromatic amines is 1. The second-order valence-corrected chi connectivity index (χ2v) is 6.29. The molecule has 0 spiro atoms. The average molecular weight is 384 g/mol. The van der Waals surface area contributed by atoms with Crippen molar-refractivity contribution in [2.45, 2.75) is 13.0 Å². The first-order valence-electron chi connectivity index (χ1n) is 8.99. The lowest BCUT2D eigenvalue weighted by atomic mass is 10.1. The molecule has 8 nitrogen and oxygen atoms in total. The largest absolute Gasteiger partial charge is 0.493 e. The van der Waals surface area contributed by atoms with E-state index in [1.165, 1.54) is 7.11 Å². The highest BCUT2D eigenvalue weighted by atomic mass is 16.6. The summed E-state index contributed by atoms with van der Waals surface area (Å²) in [6, 6.07) is 10.6. The number of hydrogen-bond acceptors (Lipinski definition) is 6. The van der Waals surface area contributed by atoms with E-state index in [4.69, 9.17) is 18.9 Å².